The summed E-state index contributed by atoms with van der Waals surface area (Å²) < 4.78 is 17.9. The molecule has 8 nitrogen and oxygen atoms in total. The second-order valence-corrected chi connectivity index (χ2v) is 9.46. The van der Waals surface area contributed by atoms with E-state index in [4.69, 9.17) is 14.0 Å². The number of ether oxygens (including phenoxy) is 2. The summed E-state index contributed by atoms with van der Waals surface area (Å²) in [5.74, 6) is 1.25. The lowest BCUT2D eigenvalue weighted by molar-refractivity contribution is -0.137. The summed E-state index contributed by atoms with van der Waals surface area (Å²) in [4.78, 5) is 29.7. The van der Waals surface area contributed by atoms with Crippen molar-refractivity contribution < 1.29 is 23.6 Å². The van der Waals surface area contributed by atoms with Crippen molar-refractivity contribution in [3.05, 3.63) is 46.3 Å². The fraction of sp³-hybridized carbons (Fsp3) is 0.542. The minimum absolute atomic E-state index is 0.0760. The van der Waals surface area contributed by atoms with Crippen molar-refractivity contribution in [3.8, 4) is 5.75 Å². The molecule has 2 fully saturated rings. The normalized spacial score (nSPS) is 21.2. The van der Waals surface area contributed by atoms with Crippen molar-refractivity contribution in [1.29, 1.82) is 0 Å². The smallest absolute Gasteiger partial charge is 0.276 e. The predicted octanol–water partition coefficient (Wildman–Crippen LogP) is 3.55. The van der Waals surface area contributed by atoms with E-state index in [1.807, 2.05) is 29.2 Å². The summed E-state index contributed by atoms with van der Waals surface area (Å²) in [7, 11) is 0. The molecule has 33 heavy (non-hydrogen) atoms. The third-order valence-electron chi connectivity index (χ3n) is 6.11. The lowest BCUT2D eigenvalue weighted by atomic mass is 9.90. The zero-order valence-electron chi connectivity index (χ0n) is 18.9. The maximum atomic E-state index is 13.1. The summed E-state index contributed by atoms with van der Waals surface area (Å²) in [6, 6.07) is 9.42. The van der Waals surface area contributed by atoms with Gasteiger partial charge in [-0.05, 0) is 24.6 Å². The van der Waals surface area contributed by atoms with Crippen molar-refractivity contribution in [2.75, 3.05) is 39.4 Å². The van der Waals surface area contributed by atoms with Gasteiger partial charge in [-0.2, -0.15) is 0 Å². The molecule has 0 spiro atoms. The van der Waals surface area contributed by atoms with Gasteiger partial charge in [-0.3, -0.25) is 9.59 Å². The summed E-state index contributed by atoms with van der Waals surface area (Å²) in [5, 5.41) is 3.97. The SMILES string of the molecule is CCCc1cc(C(=O)N2CC[C@H](Oc3cccc(Br)c3)[C@@H](CC(=O)N3CCOCC3)C2)no1. The second-order valence-electron chi connectivity index (χ2n) is 8.54. The molecule has 0 bridgehead atoms. The van der Waals surface area contributed by atoms with Crippen molar-refractivity contribution in [2.45, 2.75) is 38.7 Å². The number of nitrogens with zero attached hydrogens (tertiary/aromatic N) is 3. The van der Waals surface area contributed by atoms with Crippen LogP contribution < -0.4 is 4.74 Å². The molecule has 1 aromatic heterocycles. The van der Waals surface area contributed by atoms with E-state index in [0.717, 1.165) is 23.1 Å². The molecule has 0 N–H and O–H groups in total. The van der Waals surface area contributed by atoms with Crippen LogP contribution in [0.1, 0.15) is 42.4 Å². The van der Waals surface area contributed by atoms with Crippen LogP contribution in [0.4, 0.5) is 0 Å². The first-order valence-corrected chi connectivity index (χ1v) is 12.4. The zero-order valence-corrected chi connectivity index (χ0v) is 20.5. The Morgan fingerprint density at radius 1 is 1.18 bits per heavy atom. The molecule has 2 aliphatic heterocycles. The Balaban J connectivity index is 1.47. The number of benzene rings is 1. The van der Waals surface area contributed by atoms with Crippen molar-refractivity contribution >= 4 is 27.7 Å². The van der Waals surface area contributed by atoms with E-state index in [9.17, 15) is 9.59 Å². The minimum Gasteiger partial charge on any atom is -0.490 e. The van der Waals surface area contributed by atoms with Gasteiger partial charge in [-0.1, -0.05) is 34.1 Å². The van der Waals surface area contributed by atoms with Crippen LogP contribution in [-0.2, 0) is 16.0 Å². The Labute approximate surface area is 202 Å². The minimum atomic E-state index is -0.165. The Kier molecular flexibility index (Phi) is 8.03. The standard InChI is InChI=1S/C24H30BrN3O5/c1-2-4-20-15-21(26-33-20)24(30)28-8-7-22(32-19-6-3-5-18(25)14-19)17(16-28)13-23(29)27-9-11-31-12-10-27/h3,5-6,14-15,17,22H,2,4,7-13,16H2,1H3/t17-,22-/m0/s1. The number of carbonyl (C=O) groups is 2. The average Bonchev–Trinajstić information content (AvgIpc) is 3.29. The molecule has 2 amide bonds. The molecule has 0 radical (unpaired) electrons. The fourth-order valence-electron chi connectivity index (χ4n) is 4.37. The van der Waals surface area contributed by atoms with Crippen LogP contribution in [0, 0.1) is 5.92 Å². The van der Waals surface area contributed by atoms with Gasteiger partial charge in [0, 0.05) is 61.9 Å². The molecule has 2 saturated heterocycles. The molecule has 4 rings (SSSR count). The Morgan fingerprint density at radius 2 is 2.00 bits per heavy atom. The van der Waals surface area contributed by atoms with Crippen LogP contribution in [0.3, 0.4) is 0 Å². The molecule has 178 valence electrons. The Morgan fingerprint density at radius 3 is 2.76 bits per heavy atom. The van der Waals surface area contributed by atoms with Gasteiger partial charge >= 0.3 is 0 Å². The van der Waals surface area contributed by atoms with Crippen LogP contribution in [0.25, 0.3) is 0 Å². The van der Waals surface area contributed by atoms with E-state index in [0.29, 0.717) is 63.7 Å². The van der Waals surface area contributed by atoms with Gasteiger partial charge in [0.05, 0.1) is 13.2 Å². The van der Waals surface area contributed by atoms with Gasteiger partial charge in [-0.25, -0.2) is 0 Å². The van der Waals surface area contributed by atoms with Gasteiger partial charge in [0.15, 0.2) is 5.69 Å². The fourth-order valence-corrected chi connectivity index (χ4v) is 4.75. The highest BCUT2D eigenvalue weighted by molar-refractivity contribution is 9.10. The molecular weight excluding hydrogens is 490 g/mol. The van der Waals surface area contributed by atoms with Crippen LogP contribution in [-0.4, -0.2) is 72.3 Å². The Hall–Kier alpha value is -2.39. The molecule has 1 aromatic carbocycles. The molecular formula is C24H30BrN3O5. The number of hydrogen-bond acceptors (Lipinski definition) is 6. The van der Waals surface area contributed by atoms with Crippen molar-refractivity contribution in [3.63, 3.8) is 0 Å². The van der Waals surface area contributed by atoms with Gasteiger partial charge in [-0.15, -0.1) is 0 Å². The second kappa shape index (κ2) is 11.2. The topological polar surface area (TPSA) is 85.1 Å². The third kappa shape index (κ3) is 6.14. The van der Waals surface area contributed by atoms with E-state index in [1.54, 1.807) is 11.0 Å². The first-order valence-electron chi connectivity index (χ1n) is 11.6. The van der Waals surface area contributed by atoms with E-state index >= 15 is 0 Å². The zero-order chi connectivity index (χ0) is 23.2. The first kappa shape index (κ1) is 23.8. The first-order chi connectivity index (χ1) is 16.0. The number of amides is 2. The average molecular weight is 520 g/mol. The summed E-state index contributed by atoms with van der Waals surface area (Å²) in [6.07, 6.45) is 2.47. The number of rotatable bonds is 7. The molecule has 9 heteroatoms. The van der Waals surface area contributed by atoms with E-state index in [-0.39, 0.29) is 23.8 Å². The maximum Gasteiger partial charge on any atom is 0.276 e. The lowest BCUT2D eigenvalue weighted by Crippen LogP contribution is -2.50. The number of hydrogen-bond donors (Lipinski definition) is 0. The highest BCUT2D eigenvalue weighted by Gasteiger charge is 2.36. The Bertz CT molecular complexity index is 959. The molecule has 2 aliphatic rings. The molecule has 0 unspecified atom stereocenters. The summed E-state index contributed by atoms with van der Waals surface area (Å²) >= 11 is 3.48. The van der Waals surface area contributed by atoms with E-state index < -0.39 is 0 Å². The molecule has 0 saturated carbocycles. The predicted molar refractivity (Wildman–Crippen MR) is 125 cm³/mol. The van der Waals surface area contributed by atoms with E-state index in [1.165, 1.54) is 0 Å². The van der Waals surface area contributed by atoms with Gasteiger partial charge < -0.3 is 23.8 Å². The van der Waals surface area contributed by atoms with Crippen LogP contribution in [0.5, 0.6) is 5.75 Å². The van der Waals surface area contributed by atoms with Crippen molar-refractivity contribution in [1.82, 2.24) is 15.0 Å². The van der Waals surface area contributed by atoms with Crippen molar-refractivity contribution in [2.24, 2.45) is 5.92 Å². The van der Waals surface area contributed by atoms with Crippen LogP contribution >= 0.6 is 15.9 Å². The number of piperidine rings is 1. The van der Waals surface area contributed by atoms with Gasteiger partial charge in [0.2, 0.25) is 5.91 Å². The highest BCUT2D eigenvalue weighted by Crippen LogP contribution is 2.28. The van der Waals surface area contributed by atoms with Gasteiger partial charge in [0.1, 0.15) is 17.6 Å². The molecule has 0 aliphatic carbocycles. The number of aromatic nitrogens is 1. The number of morpholine rings is 1. The quantitative estimate of drug-likeness (QED) is 0.556. The molecule has 2 aromatic rings. The maximum absolute atomic E-state index is 13.1. The summed E-state index contributed by atoms with van der Waals surface area (Å²) in [6.45, 7) is 5.35. The summed E-state index contributed by atoms with van der Waals surface area (Å²) in [5.41, 5.74) is 0.322. The largest absolute Gasteiger partial charge is 0.490 e. The number of aryl methyl sites for hydroxylation is 1. The molecule has 3 heterocycles. The van der Waals surface area contributed by atoms with E-state index in [2.05, 4.69) is 28.0 Å². The van der Waals surface area contributed by atoms with Crippen LogP contribution in [0.15, 0.2) is 39.3 Å². The monoisotopic (exact) mass is 519 g/mol. The highest BCUT2D eigenvalue weighted by atomic mass is 79.9. The lowest BCUT2D eigenvalue weighted by Gasteiger charge is -2.39. The van der Waals surface area contributed by atoms with Gasteiger partial charge in [0.25, 0.3) is 5.91 Å². The number of likely N-dealkylation sites (tertiary alicyclic amines) is 1. The third-order valence-corrected chi connectivity index (χ3v) is 6.60. The number of halogens is 1. The number of carbonyl (C=O) groups excluding carboxylic acids is 2. The molecule has 2 atom stereocenters. The van der Waals surface area contributed by atoms with Crippen LogP contribution in [0.2, 0.25) is 0 Å².